The first-order valence-electron chi connectivity index (χ1n) is 11.4. The lowest BCUT2D eigenvalue weighted by Gasteiger charge is -2.16. The molecule has 0 heterocycles. The topological polar surface area (TPSA) is 168 Å². The molecule has 3 rings (SSSR count). The number of carbonyl (C=O) groups excluding carboxylic acids is 1. The maximum atomic E-state index is 12.4. The van der Waals surface area contributed by atoms with Crippen LogP contribution >= 0.6 is 0 Å². The molecule has 7 N–H and O–H groups in total. The molecule has 0 aliphatic carbocycles. The first kappa shape index (κ1) is 30.6. The summed E-state index contributed by atoms with van der Waals surface area (Å²) in [5.41, 5.74) is 3.48. The Labute approximate surface area is 225 Å². The fourth-order valence-corrected chi connectivity index (χ4v) is 3.00. The minimum Gasteiger partial charge on any atom is -0.508 e. The Bertz CT molecular complexity index is 1360. The SMILES string of the molecule is CCC(OC(=O)c1ccc(-c2ccc(O)cc2)cc1)c1ccccc1.OC(O)(O)C#CC#CC#CC(O)(O)O. The first-order valence-corrected chi connectivity index (χ1v) is 11.4. The van der Waals surface area contributed by atoms with Gasteiger partial charge in [0, 0.05) is 11.8 Å². The van der Waals surface area contributed by atoms with Gasteiger partial charge >= 0.3 is 17.9 Å². The molecular weight excluding hydrogens is 504 g/mol. The molecule has 0 bridgehead atoms. The monoisotopic (exact) mass is 530 g/mol. The second-order valence-electron chi connectivity index (χ2n) is 7.86. The molecule has 0 radical (unpaired) electrons. The second kappa shape index (κ2) is 14.3. The smallest absolute Gasteiger partial charge is 0.346 e. The van der Waals surface area contributed by atoms with Crippen molar-refractivity contribution in [1.82, 2.24) is 0 Å². The second-order valence-corrected chi connectivity index (χ2v) is 7.86. The fraction of sp³-hybridized carbons (Fsp3) is 0.167. The molecule has 0 aromatic heterocycles. The van der Waals surface area contributed by atoms with E-state index in [4.69, 9.17) is 35.4 Å². The maximum Gasteiger partial charge on any atom is 0.346 e. The number of rotatable bonds is 5. The van der Waals surface area contributed by atoms with E-state index in [0.717, 1.165) is 23.1 Å². The summed E-state index contributed by atoms with van der Waals surface area (Å²) >= 11 is 0. The Kier molecular flexibility index (Phi) is 11.3. The lowest BCUT2D eigenvalue weighted by molar-refractivity contribution is -0.266. The van der Waals surface area contributed by atoms with Crippen molar-refractivity contribution < 1.29 is 45.3 Å². The van der Waals surface area contributed by atoms with E-state index in [1.165, 1.54) is 11.8 Å². The molecule has 1 atom stereocenters. The summed E-state index contributed by atoms with van der Waals surface area (Å²) in [6, 6.07) is 24.0. The summed E-state index contributed by atoms with van der Waals surface area (Å²) in [7, 11) is 0. The number of esters is 1. The molecule has 0 saturated carbocycles. The Morgan fingerprint density at radius 3 is 1.62 bits per heavy atom. The molecule has 0 fully saturated rings. The van der Waals surface area contributed by atoms with Crippen LogP contribution in [0.2, 0.25) is 0 Å². The molecule has 0 aliphatic rings. The average Bonchev–Trinajstić information content (AvgIpc) is 2.89. The van der Waals surface area contributed by atoms with E-state index in [2.05, 4.69) is 0 Å². The van der Waals surface area contributed by atoms with Gasteiger partial charge < -0.3 is 40.5 Å². The van der Waals surface area contributed by atoms with Crippen LogP contribution in [0.3, 0.4) is 0 Å². The standard InChI is InChI=1S/C22H20O3.C8H6O6/c1-2-21(18-6-4-3-5-7-18)25-22(24)19-10-8-16(9-11-19)17-12-14-20(23)15-13-17;9-7(10,11)5-3-1-2-4-6-8(12,13)14/h3-15,21,23H,2H2,1H3;9-14H. The van der Waals surface area contributed by atoms with Gasteiger partial charge in [0.15, 0.2) is 0 Å². The molecule has 9 heteroatoms. The number of aliphatic hydroxyl groups is 6. The molecule has 0 spiro atoms. The van der Waals surface area contributed by atoms with Gasteiger partial charge in [-0.15, -0.1) is 0 Å². The Hall–Kier alpha value is -4.63. The highest BCUT2D eigenvalue weighted by molar-refractivity contribution is 5.90. The van der Waals surface area contributed by atoms with Crippen molar-refractivity contribution >= 4 is 5.97 Å². The highest BCUT2D eigenvalue weighted by Gasteiger charge is 2.16. The van der Waals surface area contributed by atoms with Gasteiger partial charge in [-0.1, -0.05) is 61.5 Å². The zero-order valence-corrected chi connectivity index (χ0v) is 20.7. The number of hydrogen-bond acceptors (Lipinski definition) is 9. The predicted octanol–water partition coefficient (Wildman–Crippen LogP) is 1.63. The highest BCUT2D eigenvalue weighted by atomic mass is 16.7. The van der Waals surface area contributed by atoms with Crippen molar-refractivity contribution in [3.63, 3.8) is 0 Å². The Morgan fingerprint density at radius 2 is 1.18 bits per heavy atom. The maximum absolute atomic E-state index is 12.4. The zero-order valence-electron chi connectivity index (χ0n) is 20.7. The first-order chi connectivity index (χ1) is 18.4. The van der Waals surface area contributed by atoms with E-state index in [0.29, 0.717) is 5.56 Å². The molecule has 9 nitrogen and oxygen atoms in total. The fourth-order valence-electron chi connectivity index (χ4n) is 3.00. The summed E-state index contributed by atoms with van der Waals surface area (Å²) in [6.07, 6.45) is 0.479. The lowest BCUT2D eigenvalue weighted by Crippen LogP contribution is -2.24. The largest absolute Gasteiger partial charge is 0.508 e. The van der Waals surface area contributed by atoms with E-state index >= 15 is 0 Å². The van der Waals surface area contributed by atoms with Crippen LogP contribution in [0.4, 0.5) is 0 Å². The van der Waals surface area contributed by atoms with Gasteiger partial charge in [0.05, 0.1) is 5.56 Å². The van der Waals surface area contributed by atoms with Crippen LogP contribution in [-0.2, 0) is 4.74 Å². The highest BCUT2D eigenvalue weighted by Crippen LogP contribution is 2.25. The molecule has 0 amide bonds. The molecule has 3 aromatic carbocycles. The van der Waals surface area contributed by atoms with Crippen LogP contribution in [0.25, 0.3) is 11.1 Å². The summed E-state index contributed by atoms with van der Waals surface area (Å²) < 4.78 is 5.66. The number of aromatic hydroxyl groups is 1. The summed E-state index contributed by atoms with van der Waals surface area (Å²) in [6.45, 7) is 2.00. The third-order valence-corrected chi connectivity index (χ3v) is 4.76. The lowest BCUT2D eigenvalue weighted by atomic mass is 10.0. The molecule has 0 saturated heterocycles. The van der Waals surface area contributed by atoms with Crippen molar-refractivity contribution in [2.45, 2.75) is 31.4 Å². The van der Waals surface area contributed by atoms with Gasteiger partial charge in [0.25, 0.3) is 0 Å². The molecular formula is C30H26O9. The summed E-state index contributed by atoms with van der Waals surface area (Å²) in [4.78, 5) is 12.4. The van der Waals surface area contributed by atoms with E-state index in [1.807, 2.05) is 73.4 Å². The predicted molar refractivity (Wildman–Crippen MR) is 141 cm³/mol. The van der Waals surface area contributed by atoms with Gasteiger partial charge in [-0.25, -0.2) is 4.79 Å². The molecule has 39 heavy (non-hydrogen) atoms. The van der Waals surface area contributed by atoms with Gasteiger partial charge in [-0.05, 0) is 71.1 Å². The third kappa shape index (κ3) is 12.0. The van der Waals surface area contributed by atoms with Crippen molar-refractivity contribution in [2.75, 3.05) is 0 Å². The number of ether oxygens (including phenoxy) is 1. The van der Waals surface area contributed by atoms with Gasteiger partial charge in [0.2, 0.25) is 0 Å². The third-order valence-electron chi connectivity index (χ3n) is 4.76. The number of benzene rings is 3. The van der Waals surface area contributed by atoms with Crippen molar-refractivity contribution in [2.24, 2.45) is 0 Å². The number of phenols is 1. The quantitative estimate of drug-likeness (QED) is 0.147. The minimum atomic E-state index is -3.13. The van der Waals surface area contributed by atoms with Crippen LogP contribution in [0.15, 0.2) is 78.9 Å². The van der Waals surface area contributed by atoms with E-state index in [9.17, 15) is 9.90 Å². The van der Waals surface area contributed by atoms with Crippen molar-refractivity contribution in [3.8, 4) is 52.4 Å². The van der Waals surface area contributed by atoms with E-state index in [1.54, 1.807) is 36.1 Å². The van der Waals surface area contributed by atoms with Gasteiger partial charge in [0.1, 0.15) is 11.9 Å². The van der Waals surface area contributed by atoms with Crippen LogP contribution in [0.1, 0.15) is 35.4 Å². The normalized spacial score (nSPS) is 11.1. The number of carbonyl (C=O) groups is 1. The van der Waals surface area contributed by atoms with Crippen molar-refractivity contribution in [1.29, 1.82) is 0 Å². The zero-order chi connectivity index (χ0) is 28.9. The number of phenolic OH excluding ortho intramolecular Hbond substituents is 1. The average molecular weight is 531 g/mol. The van der Waals surface area contributed by atoms with E-state index in [-0.39, 0.29) is 17.8 Å². The van der Waals surface area contributed by atoms with Crippen LogP contribution in [0.5, 0.6) is 5.75 Å². The summed E-state index contributed by atoms with van der Waals surface area (Å²) in [5, 5.41) is 58.7. The van der Waals surface area contributed by atoms with E-state index < -0.39 is 11.9 Å². The Morgan fingerprint density at radius 1 is 0.718 bits per heavy atom. The van der Waals surface area contributed by atoms with Crippen molar-refractivity contribution in [3.05, 3.63) is 90.0 Å². The van der Waals surface area contributed by atoms with Gasteiger partial charge in [-0.2, -0.15) is 0 Å². The van der Waals surface area contributed by atoms with Crippen LogP contribution in [-0.4, -0.2) is 53.7 Å². The van der Waals surface area contributed by atoms with Gasteiger partial charge in [-0.3, -0.25) is 0 Å². The Balaban J connectivity index is 0.000000326. The minimum absolute atomic E-state index is 0.232. The summed E-state index contributed by atoms with van der Waals surface area (Å²) in [5.74, 6) is 4.10. The molecule has 1 unspecified atom stereocenters. The van der Waals surface area contributed by atoms with Crippen LogP contribution < -0.4 is 0 Å². The number of hydrogen-bond donors (Lipinski definition) is 7. The van der Waals surface area contributed by atoms with Crippen LogP contribution in [0, 0.1) is 35.5 Å². The molecule has 3 aromatic rings. The molecule has 200 valence electrons. The molecule has 0 aliphatic heterocycles.